The quantitative estimate of drug-likeness (QED) is 0.190. The van der Waals surface area contributed by atoms with E-state index in [0.29, 0.717) is 55.7 Å². The molecule has 0 bridgehead atoms. The highest BCUT2D eigenvalue weighted by Gasteiger charge is 2.45. The highest BCUT2D eigenvalue weighted by atomic mass is 19.2. The molecule has 0 aliphatic carbocycles. The summed E-state index contributed by atoms with van der Waals surface area (Å²) in [5, 5.41) is 31.2. The zero-order valence-electron chi connectivity index (χ0n) is 24.5. The van der Waals surface area contributed by atoms with Crippen LogP contribution in [-0.2, 0) is 30.4 Å². The lowest BCUT2D eigenvalue weighted by atomic mass is 10.0. The van der Waals surface area contributed by atoms with Crippen LogP contribution in [-0.4, -0.2) is 103 Å². The van der Waals surface area contributed by atoms with Crippen LogP contribution in [0.15, 0.2) is 60.8 Å². The molecule has 3 heterocycles. The number of pyridine rings is 1. The van der Waals surface area contributed by atoms with Crippen molar-refractivity contribution in [3.63, 3.8) is 0 Å². The summed E-state index contributed by atoms with van der Waals surface area (Å²) >= 11 is 0. The van der Waals surface area contributed by atoms with E-state index in [9.17, 15) is 41.9 Å². The van der Waals surface area contributed by atoms with Crippen molar-refractivity contribution in [3.05, 3.63) is 89.5 Å². The molecular weight excluding hydrogens is 633 g/mol. The first kappa shape index (κ1) is 37.6. The van der Waals surface area contributed by atoms with Gasteiger partial charge in [-0.1, -0.05) is 6.07 Å². The van der Waals surface area contributed by atoms with Crippen LogP contribution >= 0.6 is 0 Å². The third-order valence-corrected chi connectivity index (χ3v) is 6.78. The number of benzene rings is 1. The second-order valence-electron chi connectivity index (χ2n) is 10.2. The average molecular weight is 665 g/mol. The van der Waals surface area contributed by atoms with Gasteiger partial charge in [-0.25, -0.2) is 32.3 Å². The maximum atomic E-state index is 13.9. The van der Waals surface area contributed by atoms with Crippen molar-refractivity contribution < 1.29 is 62.4 Å². The molecule has 252 valence electrons. The highest BCUT2D eigenvalue weighted by molar-refractivity contribution is 5.92. The number of hydrogen-bond acceptors (Lipinski definition) is 8. The van der Waals surface area contributed by atoms with E-state index in [1.807, 2.05) is 0 Å². The largest absolute Gasteiger partial charge is 0.478 e. The lowest BCUT2D eigenvalue weighted by molar-refractivity contribution is -0.134. The molecule has 47 heavy (non-hydrogen) atoms. The number of aromatic nitrogens is 1. The lowest BCUT2D eigenvalue weighted by Crippen LogP contribution is -2.43. The van der Waals surface area contributed by atoms with Crippen molar-refractivity contribution in [2.45, 2.75) is 31.3 Å². The molecule has 0 spiro atoms. The number of nitrogens with zero attached hydrogens (tertiary/aromatic N) is 3. The van der Waals surface area contributed by atoms with Crippen LogP contribution in [0, 0.1) is 23.4 Å². The fourth-order valence-corrected chi connectivity index (χ4v) is 4.79. The summed E-state index contributed by atoms with van der Waals surface area (Å²) in [6.45, 7) is 1.57. The number of carboxylic acids is 4. The molecule has 3 atom stereocenters. The molecule has 2 aromatic rings. The van der Waals surface area contributed by atoms with Crippen LogP contribution in [0.4, 0.5) is 13.2 Å². The first-order valence-corrected chi connectivity index (χ1v) is 13.8. The Labute approximate surface area is 265 Å². The van der Waals surface area contributed by atoms with E-state index in [1.54, 1.807) is 34.2 Å². The number of hydrogen-bond donors (Lipinski definition) is 5. The summed E-state index contributed by atoms with van der Waals surface area (Å²) in [5.41, 5.74) is 6.32. The molecule has 2 aliphatic heterocycles. The number of carbonyl (C=O) groups is 6. The number of rotatable bonds is 9. The molecule has 0 radical (unpaired) electrons. The van der Waals surface area contributed by atoms with Gasteiger partial charge in [-0.15, -0.1) is 0 Å². The first-order valence-electron chi connectivity index (χ1n) is 13.8. The van der Waals surface area contributed by atoms with E-state index in [4.69, 9.17) is 26.2 Å². The molecule has 4 rings (SSSR count). The van der Waals surface area contributed by atoms with Crippen LogP contribution in [0.2, 0.25) is 0 Å². The van der Waals surface area contributed by atoms with Gasteiger partial charge in [0.05, 0.1) is 6.04 Å². The topological polar surface area (TPSA) is 229 Å². The second-order valence-corrected chi connectivity index (χ2v) is 10.2. The van der Waals surface area contributed by atoms with Gasteiger partial charge in [-0.2, -0.15) is 0 Å². The first-order chi connectivity index (χ1) is 22.1. The maximum absolute atomic E-state index is 13.9. The normalized spacial score (nSPS) is 17.3. The van der Waals surface area contributed by atoms with Crippen molar-refractivity contribution >= 4 is 35.7 Å². The van der Waals surface area contributed by atoms with Crippen molar-refractivity contribution in [2.75, 3.05) is 19.6 Å². The van der Waals surface area contributed by atoms with E-state index in [0.717, 1.165) is 12.5 Å². The van der Waals surface area contributed by atoms with E-state index in [-0.39, 0.29) is 42.2 Å². The molecule has 17 heteroatoms. The number of fused-ring (bicyclic) bond motifs is 1. The van der Waals surface area contributed by atoms with Crippen LogP contribution in [0.3, 0.4) is 0 Å². The molecular formula is C30H31F3N4O10. The summed E-state index contributed by atoms with van der Waals surface area (Å²) in [4.78, 5) is 71.3. The SMILES string of the molecule is N[C@@H](CC(=O)N1CC[C@H]2CN(C(=O)c3ccccn3)C[C@H]21)Cc1cc(F)c(F)cc1F.O=C(O)/C=C/C(=O)O.O=C(O)/C=C/C(=O)O. The minimum Gasteiger partial charge on any atom is -0.478 e. The smallest absolute Gasteiger partial charge is 0.328 e. The Kier molecular flexibility index (Phi) is 14.2. The summed E-state index contributed by atoms with van der Waals surface area (Å²) in [6.07, 6.45) is 4.46. The molecule has 6 N–H and O–H groups in total. The zero-order valence-corrected chi connectivity index (χ0v) is 24.5. The molecule has 1 aromatic carbocycles. The van der Waals surface area contributed by atoms with Gasteiger partial charge in [-0.05, 0) is 36.6 Å². The van der Waals surface area contributed by atoms with E-state index in [2.05, 4.69) is 4.98 Å². The van der Waals surface area contributed by atoms with Gasteiger partial charge in [0.25, 0.3) is 5.91 Å². The number of halogens is 3. The summed E-state index contributed by atoms with van der Waals surface area (Å²) in [6, 6.07) is 5.59. The van der Waals surface area contributed by atoms with Crippen LogP contribution in [0.25, 0.3) is 0 Å². The van der Waals surface area contributed by atoms with Crippen LogP contribution in [0.5, 0.6) is 0 Å². The molecule has 0 saturated carbocycles. The predicted molar refractivity (Wildman–Crippen MR) is 155 cm³/mol. The number of likely N-dealkylation sites (tertiary alicyclic amines) is 2. The van der Waals surface area contributed by atoms with E-state index >= 15 is 0 Å². The summed E-state index contributed by atoms with van der Waals surface area (Å²) in [7, 11) is 0. The Morgan fingerprint density at radius 2 is 1.40 bits per heavy atom. The molecule has 14 nitrogen and oxygen atoms in total. The molecule has 0 unspecified atom stereocenters. The van der Waals surface area contributed by atoms with Crippen LogP contribution < -0.4 is 5.73 Å². The Morgan fingerprint density at radius 3 is 1.91 bits per heavy atom. The number of carboxylic acid groups (broad SMARTS) is 4. The second kappa shape index (κ2) is 17.8. The summed E-state index contributed by atoms with van der Waals surface area (Å²) in [5.74, 6) is -8.48. The van der Waals surface area contributed by atoms with E-state index in [1.165, 1.54) is 0 Å². The zero-order chi connectivity index (χ0) is 35.3. The Bertz CT molecular complexity index is 1470. The number of nitrogens with two attached hydrogens (primary N) is 1. The minimum atomic E-state index is -1.26. The van der Waals surface area contributed by atoms with Crippen molar-refractivity contribution in [1.82, 2.24) is 14.8 Å². The third kappa shape index (κ3) is 12.4. The molecule has 1 aromatic heterocycles. The summed E-state index contributed by atoms with van der Waals surface area (Å²) < 4.78 is 40.4. The monoisotopic (exact) mass is 664 g/mol. The van der Waals surface area contributed by atoms with Gasteiger partial charge in [-0.3, -0.25) is 14.6 Å². The van der Waals surface area contributed by atoms with Gasteiger partial charge >= 0.3 is 23.9 Å². The van der Waals surface area contributed by atoms with Gasteiger partial charge in [0.15, 0.2) is 11.6 Å². The fraction of sp³-hybridized carbons (Fsp3) is 0.300. The van der Waals surface area contributed by atoms with Crippen molar-refractivity contribution in [3.8, 4) is 0 Å². The van der Waals surface area contributed by atoms with Gasteiger partial charge in [0.1, 0.15) is 11.5 Å². The van der Waals surface area contributed by atoms with Crippen molar-refractivity contribution in [2.24, 2.45) is 11.7 Å². The standard InChI is InChI=1S/C22H23F3N4O2.2C4H4O4/c23-16-10-18(25)17(24)8-14(16)7-15(26)9-21(30)29-6-4-13-11-28(12-20(13)29)22(31)19-3-1-2-5-27-19;2*5-3(6)1-2-4(7)8/h1-3,5,8,10,13,15,20H,4,6-7,9,11-12,26H2;2*1-2H,(H,5,6)(H,7,8)/b;2*2-1+/t13-,15+,20+;;/m0../s1. The fourth-order valence-electron chi connectivity index (χ4n) is 4.79. The van der Waals surface area contributed by atoms with Crippen molar-refractivity contribution in [1.29, 1.82) is 0 Å². The lowest BCUT2D eigenvalue weighted by Gasteiger charge is -2.26. The Balaban J connectivity index is 0.000000397. The van der Waals surface area contributed by atoms with Gasteiger partial charge in [0, 0.05) is 74.6 Å². The molecule has 2 aliphatic rings. The Morgan fingerprint density at radius 1 is 0.851 bits per heavy atom. The van der Waals surface area contributed by atoms with Gasteiger partial charge < -0.3 is 36.0 Å². The maximum Gasteiger partial charge on any atom is 0.328 e. The molecule has 2 saturated heterocycles. The third-order valence-electron chi connectivity index (χ3n) is 6.78. The molecule has 2 fully saturated rings. The van der Waals surface area contributed by atoms with E-state index < -0.39 is 47.4 Å². The minimum absolute atomic E-state index is 0.0458. The molecule has 2 amide bonds. The van der Waals surface area contributed by atoms with Crippen LogP contribution in [0.1, 0.15) is 28.9 Å². The van der Waals surface area contributed by atoms with Gasteiger partial charge in [0.2, 0.25) is 5.91 Å². The number of amides is 2. The number of aliphatic carboxylic acids is 4. The Hall–Kier alpha value is -5.58. The highest BCUT2D eigenvalue weighted by Crippen LogP contribution is 2.32. The number of carbonyl (C=O) groups excluding carboxylic acids is 2. The average Bonchev–Trinajstić information content (AvgIpc) is 3.60. The predicted octanol–water partition coefficient (Wildman–Crippen LogP) is 1.56.